The summed E-state index contributed by atoms with van der Waals surface area (Å²) in [5.74, 6) is 0. The lowest BCUT2D eigenvalue weighted by molar-refractivity contribution is 0.399. The van der Waals surface area contributed by atoms with Crippen LogP contribution in [-0.2, 0) is 13.5 Å². The molecule has 1 rings (SSSR count). The summed E-state index contributed by atoms with van der Waals surface area (Å²) in [5.41, 5.74) is 3.90. The summed E-state index contributed by atoms with van der Waals surface area (Å²) in [5, 5.41) is 7.90. The fraction of sp³-hybridized carbons (Fsp3) is 0.769. The fourth-order valence-electron chi connectivity index (χ4n) is 2.00. The smallest absolute Gasteiger partial charge is 0.0628 e. The fourth-order valence-corrected chi connectivity index (χ4v) is 2.00. The standard InChI is InChI=1S/C13H26N4/c1-11-13(12(2)17(5)15-11)7-6-8-14-9-10-16(3)4/h14H,6-10H2,1-5H3. The summed E-state index contributed by atoms with van der Waals surface area (Å²) in [6, 6.07) is 0. The van der Waals surface area contributed by atoms with Gasteiger partial charge in [-0.1, -0.05) is 0 Å². The largest absolute Gasteiger partial charge is 0.315 e. The van der Waals surface area contributed by atoms with E-state index >= 15 is 0 Å². The van der Waals surface area contributed by atoms with Gasteiger partial charge in [0.1, 0.15) is 0 Å². The maximum Gasteiger partial charge on any atom is 0.0628 e. The molecule has 0 unspecified atom stereocenters. The van der Waals surface area contributed by atoms with E-state index in [0.717, 1.165) is 26.1 Å². The molecule has 1 heterocycles. The van der Waals surface area contributed by atoms with Gasteiger partial charge in [0.05, 0.1) is 5.69 Å². The predicted molar refractivity (Wildman–Crippen MR) is 72.4 cm³/mol. The molecule has 4 nitrogen and oxygen atoms in total. The van der Waals surface area contributed by atoms with Crippen LogP contribution in [0.15, 0.2) is 0 Å². The van der Waals surface area contributed by atoms with Crippen molar-refractivity contribution >= 4 is 0 Å². The second kappa shape index (κ2) is 6.77. The molecular weight excluding hydrogens is 212 g/mol. The van der Waals surface area contributed by atoms with Crippen LogP contribution in [0.1, 0.15) is 23.4 Å². The molecule has 1 aromatic rings. The first-order valence-corrected chi connectivity index (χ1v) is 6.37. The van der Waals surface area contributed by atoms with Crippen LogP contribution in [0.4, 0.5) is 0 Å². The molecule has 0 saturated carbocycles. The average Bonchev–Trinajstić information content (AvgIpc) is 2.48. The summed E-state index contributed by atoms with van der Waals surface area (Å²) in [7, 11) is 6.22. The van der Waals surface area contributed by atoms with Gasteiger partial charge in [0, 0.05) is 25.8 Å². The van der Waals surface area contributed by atoms with Crippen molar-refractivity contribution in [3.8, 4) is 0 Å². The molecule has 0 fully saturated rings. The van der Waals surface area contributed by atoms with Gasteiger partial charge in [-0.05, 0) is 52.9 Å². The van der Waals surface area contributed by atoms with E-state index in [4.69, 9.17) is 0 Å². The second-order valence-corrected chi connectivity index (χ2v) is 4.93. The summed E-state index contributed by atoms with van der Waals surface area (Å²) in [4.78, 5) is 2.20. The van der Waals surface area contributed by atoms with Crippen molar-refractivity contribution in [3.63, 3.8) is 0 Å². The molecule has 1 N–H and O–H groups in total. The lowest BCUT2D eigenvalue weighted by Crippen LogP contribution is -2.27. The van der Waals surface area contributed by atoms with Crippen molar-refractivity contribution in [2.45, 2.75) is 26.7 Å². The lowest BCUT2D eigenvalue weighted by atomic mass is 10.1. The van der Waals surface area contributed by atoms with E-state index in [1.54, 1.807) is 0 Å². The first-order valence-electron chi connectivity index (χ1n) is 6.37. The van der Waals surface area contributed by atoms with Crippen LogP contribution in [0.2, 0.25) is 0 Å². The predicted octanol–water partition coefficient (Wildman–Crippen LogP) is 1.12. The van der Waals surface area contributed by atoms with Crippen LogP contribution < -0.4 is 5.32 Å². The van der Waals surface area contributed by atoms with Gasteiger partial charge in [0.25, 0.3) is 0 Å². The van der Waals surface area contributed by atoms with Crippen molar-refractivity contribution in [1.29, 1.82) is 0 Å². The summed E-state index contributed by atoms with van der Waals surface area (Å²) < 4.78 is 1.98. The summed E-state index contributed by atoms with van der Waals surface area (Å²) >= 11 is 0. The Labute approximate surface area is 105 Å². The van der Waals surface area contributed by atoms with Crippen molar-refractivity contribution in [3.05, 3.63) is 17.0 Å². The van der Waals surface area contributed by atoms with Gasteiger partial charge < -0.3 is 10.2 Å². The van der Waals surface area contributed by atoms with Crippen LogP contribution >= 0.6 is 0 Å². The highest BCUT2D eigenvalue weighted by atomic mass is 15.3. The Morgan fingerprint density at radius 3 is 2.47 bits per heavy atom. The Balaban J connectivity index is 2.22. The van der Waals surface area contributed by atoms with E-state index in [1.807, 2.05) is 11.7 Å². The van der Waals surface area contributed by atoms with Crippen molar-refractivity contribution in [2.75, 3.05) is 33.7 Å². The maximum absolute atomic E-state index is 4.44. The first-order chi connectivity index (χ1) is 8.02. The number of hydrogen-bond donors (Lipinski definition) is 1. The highest BCUT2D eigenvalue weighted by Gasteiger charge is 2.08. The first kappa shape index (κ1) is 14.2. The molecule has 0 aliphatic rings. The van der Waals surface area contributed by atoms with Crippen LogP contribution in [0.5, 0.6) is 0 Å². The normalized spacial score (nSPS) is 11.4. The minimum absolute atomic E-state index is 1.07. The summed E-state index contributed by atoms with van der Waals surface area (Å²) in [6.45, 7) is 7.50. The lowest BCUT2D eigenvalue weighted by Gasteiger charge is -2.10. The van der Waals surface area contributed by atoms with E-state index in [1.165, 1.54) is 23.4 Å². The zero-order chi connectivity index (χ0) is 12.8. The number of rotatable bonds is 7. The third-order valence-corrected chi connectivity index (χ3v) is 3.18. The van der Waals surface area contributed by atoms with Crippen molar-refractivity contribution in [1.82, 2.24) is 20.0 Å². The van der Waals surface area contributed by atoms with Crippen LogP contribution in [0, 0.1) is 13.8 Å². The molecule has 0 radical (unpaired) electrons. The van der Waals surface area contributed by atoms with Crippen LogP contribution in [0.3, 0.4) is 0 Å². The van der Waals surface area contributed by atoms with E-state index in [9.17, 15) is 0 Å². The van der Waals surface area contributed by atoms with Crippen molar-refractivity contribution in [2.24, 2.45) is 7.05 Å². The molecule has 4 heteroatoms. The average molecular weight is 238 g/mol. The molecule has 98 valence electrons. The number of aryl methyl sites for hydroxylation is 2. The van der Waals surface area contributed by atoms with Gasteiger partial charge in [0.15, 0.2) is 0 Å². The van der Waals surface area contributed by atoms with Crippen molar-refractivity contribution < 1.29 is 0 Å². The Morgan fingerprint density at radius 1 is 1.24 bits per heavy atom. The molecule has 0 bridgehead atoms. The molecule has 0 aromatic carbocycles. The number of nitrogens with zero attached hydrogens (tertiary/aromatic N) is 3. The maximum atomic E-state index is 4.44. The van der Waals surface area contributed by atoms with Gasteiger partial charge >= 0.3 is 0 Å². The minimum atomic E-state index is 1.07. The summed E-state index contributed by atoms with van der Waals surface area (Å²) in [6.07, 6.45) is 2.31. The Bertz CT molecular complexity index is 341. The SMILES string of the molecule is Cc1nn(C)c(C)c1CCCNCCN(C)C. The van der Waals surface area contributed by atoms with E-state index in [2.05, 4.69) is 43.3 Å². The monoisotopic (exact) mass is 238 g/mol. The molecule has 0 amide bonds. The van der Waals surface area contributed by atoms with Gasteiger partial charge in [-0.2, -0.15) is 5.10 Å². The second-order valence-electron chi connectivity index (χ2n) is 4.93. The zero-order valence-corrected chi connectivity index (χ0v) is 11.9. The number of likely N-dealkylation sites (N-methyl/N-ethyl adjacent to an activating group) is 1. The Hall–Kier alpha value is -0.870. The van der Waals surface area contributed by atoms with Crippen LogP contribution in [-0.4, -0.2) is 48.4 Å². The zero-order valence-electron chi connectivity index (χ0n) is 11.9. The molecule has 0 saturated heterocycles. The quantitative estimate of drug-likeness (QED) is 0.723. The number of hydrogen-bond acceptors (Lipinski definition) is 3. The van der Waals surface area contributed by atoms with Crippen LogP contribution in [0.25, 0.3) is 0 Å². The minimum Gasteiger partial charge on any atom is -0.315 e. The van der Waals surface area contributed by atoms with E-state index in [-0.39, 0.29) is 0 Å². The number of nitrogens with one attached hydrogen (secondary N) is 1. The molecule has 17 heavy (non-hydrogen) atoms. The topological polar surface area (TPSA) is 33.1 Å². The molecular formula is C13H26N4. The van der Waals surface area contributed by atoms with E-state index < -0.39 is 0 Å². The van der Waals surface area contributed by atoms with Gasteiger partial charge in [-0.3, -0.25) is 4.68 Å². The molecule has 0 aliphatic carbocycles. The van der Waals surface area contributed by atoms with Gasteiger partial charge in [-0.25, -0.2) is 0 Å². The Kier molecular flexibility index (Phi) is 5.65. The third-order valence-electron chi connectivity index (χ3n) is 3.18. The van der Waals surface area contributed by atoms with Gasteiger partial charge in [-0.15, -0.1) is 0 Å². The molecule has 0 aliphatic heterocycles. The van der Waals surface area contributed by atoms with Gasteiger partial charge in [0.2, 0.25) is 0 Å². The third kappa shape index (κ3) is 4.48. The molecule has 0 spiro atoms. The van der Waals surface area contributed by atoms with E-state index in [0.29, 0.717) is 0 Å². The molecule has 1 aromatic heterocycles. The highest BCUT2D eigenvalue weighted by molar-refractivity contribution is 5.24. The Morgan fingerprint density at radius 2 is 1.94 bits per heavy atom. The number of aromatic nitrogens is 2. The highest BCUT2D eigenvalue weighted by Crippen LogP contribution is 2.13. The molecule has 0 atom stereocenters.